The van der Waals surface area contributed by atoms with Crippen LogP contribution in [0, 0.1) is 11.8 Å². The summed E-state index contributed by atoms with van der Waals surface area (Å²) in [6.07, 6.45) is 4.49. The third-order valence-corrected chi connectivity index (χ3v) is 6.10. The predicted octanol–water partition coefficient (Wildman–Crippen LogP) is 2.12. The zero-order chi connectivity index (χ0) is 19.5. The van der Waals surface area contributed by atoms with Crippen molar-refractivity contribution in [3.63, 3.8) is 0 Å². The smallest absolute Gasteiger partial charge is 0.309 e. The van der Waals surface area contributed by atoms with Crippen molar-refractivity contribution in [3.05, 3.63) is 34.9 Å². The quantitative estimate of drug-likeness (QED) is 0.737. The van der Waals surface area contributed by atoms with Crippen LogP contribution in [0.5, 0.6) is 17.2 Å². The third kappa shape index (κ3) is 2.14. The molecule has 2 saturated heterocycles. The van der Waals surface area contributed by atoms with Gasteiger partial charge in [-0.3, -0.25) is 4.79 Å². The minimum Gasteiger partial charge on any atom is -0.493 e. The fourth-order valence-electron chi connectivity index (χ4n) is 4.83. The zero-order valence-corrected chi connectivity index (χ0v) is 16.1. The monoisotopic (exact) mass is 386 g/mol. The molecule has 0 unspecified atom stereocenters. The summed E-state index contributed by atoms with van der Waals surface area (Å²) in [5.74, 6) is -0.106. The summed E-state index contributed by atoms with van der Waals surface area (Å²) in [6.45, 7) is 1.25. The van der Waals surface area contributed by atoms with Gasteiger partial charge < -0.3 is 28.4 Å². The maximum Gasteiger partial charge on any atom is 0.309 e. The van der Waals surface area contributed by atoms with Gasteiger partial charge in [0, 0.05) is 11.1 Å². The van der Waals surface area contributed by atoms with Crippen LogP contribution in [0.3, 0.4) is 0 Å². The maximum absolute atomic E-state index is 12.6. The Kier molecular flexibility index (Phi) is 3.93. The molecule has 0 amide bonds. The molecule has 0 aromatic heterocycles. The average molecular weight is 386 g/mol. The average Bonchev–Trinajstić information content (AvgIpc) is 3.28. The van der Waals surface area contributed by atoms with E-state index < -0.39 is 5.79 Å². The van der Waals surface area contributed by atoms with Crippen molar-refractivity contribution in [3.8, 4) is 17.2 Å². The van der Waals surface area contributed by atoms with Crippen LogP contribution < -0.4 is 14.2 Å². The van der Waals surface area contributed by atoms with Gasteiger partial charge in [-0.25, -0.2) is 0 Å². The van der Waals surface area contributed by atoms with E-state index in [1.54, 1.807) is 21.3 Å². The second-order valence-corrected chi connectivity index (χ2v) is 7.25. The highest BCUT2D eigenvalue weighted by molar-refractivity contribution is 5.93. The Labute approximate surface area is 162 Å². The molecule has 4 aliphatic rings. The van der Waals surface area contributed by atoms with Gasteiger partial charge in [0.15, 0.2) is 11.5 Å². The number of carbonyl (C=O) groups is 1. The SMILES string of the molecule is COc1cc2c(c(OC)c1OC)C1=C(C=C1)C1(OCCO1)[C@H]1COC(=O)[C@@H]1C2. The summed E-state index contributed by atoms with van der Waals surface area (Å²) < 4.78 is 34.6. The Morgan fingerprint density at radius 3 is 2.39 bits per heavy atom. The lowest BCUT2D eigenvalue weighted by molar-refractivity contribution is -0.171. The van der Waals surface area contributed by atoms with Gasteiger partial charge in [-0.05, 0) is 23.6 Å². The molecule has 1 aromatic carbocycles. The number of benzene rings is 1. The molecule has 2 heterocycles. The number of methoxy groups -OCH3 is 3. The Morgan fingerprint density at radius 1 is 1.04 bits per heavy atom. The summed E-state index contributed by atoms with van der Waals surface area (Å²) >= 11 is 0. The van der Waals surface area contributed by atoms with E-state index in [1.807, 2.05) is 18.2 Å². The zero-order valence-electron chi connectivity index (χ0n) is 16.1. The van der Waals surface area contributed by atoms with Gasteiger partial charge in [0.1, 0.15) is 6.61 Å². The fourth-order valence-corrected chi connectivity index (χ4v) is 4.83. The summed E-state index contributed by atoms with van der Waals surface area (Å²) in [7, 11) is 4.77. The fraction of sp³-hybridized carbons (Fsp3) is 0.476. The van der Waals surface area contributed by atoms with Crippen molar-refractivity contribution in [2.24, 2.45) is 11.8 Å². The molecule has 0 bridgehead atoms. The topological polar surface area (TPSA) is 72.5 Å². The van der Waals surface area contributed by atoms with Crippen LogP contribution in [-0.2, 0) is 25.4 Å². The number of carbonyl (C=O) groups excluding carboxylic acids is 1. The molecule has 0 radical (unpaired) electrons. The van der Waals surface area contributed by atoms with Crippen molar-refractivity contribution in [2.45, 2.75) is 12.2 Å². The minimum atomic E-state index is -0.962. The van der Waals surface area contributed by atoms with Crippen molar-refractivity contribution in [2.75, 3.05) is 41.2 Å². The van der Waals surface area contributed by atoms with Crippen molar-refractivity contribution >= 4 is 11.5 Å². The Balaban J connectivity index is 1.80. The molecule has 0 N–H and O–H groups in total. The van der Waals surface area contributed by atoms with Crippen LogP contribution in [0.2, 0.25) is 0 Å². The first-order chi connectivity index (χ1) is 13.6. The van der Waals surface area contributed by atoms with Gasteiger partial charge in [0.25, 0.3) is 0 Å². The summed E-state index contributed by atoms with van der Waals surface area (Å²) in [5.41, 5.74) is 3.74. The Morgan fingerprint density at radius 2 is 1.79 bits per heavy atom. The van der Waals surface area contributed by atoms with Crippen LogP contribution in [0.1, 0.15) is 11.1 Å². The number of esters is 1. The molecule has 1 spiro atoms. The molecule has 28 heavy (non-hydrogen) atoms. The molecule has 7 heteroatoms. The van der Waals surface area contributed by atoms with Crippen LogP contribution >= 0.6 is 0 Å². The van der Waals surface area contributed by atoms with E-state index in [-0.39, 0.29) is 24.4 Å². The number of ether oxygens (including phenoxy) is 6. The summed E-state index contributed by atoms with van der Waals surface area (Å²) in [5, 5.41) is 0. The van der Waals surface area contributed by atoms with Gasteiger partial charge in [-0.2, -0.15) is 0 Å². The third-order valence-electron chi connectivity index (χ3n) is 6.10. The number of allylic oxidation sites excluding steroid dienone is 2. The standard InChI is InChI=1S/C21H22O7/c1-23-16-9-11-8-13-15(10-26-20(13)22)21(27-6-7-28-21)14-5-4-12(14)17(11)19(25-3)18(16)24-2/h4-5,9,13,15H,6-8,10H2,1-3H3/t13-,15+/m1/s1. The molecule has 0 saturated carbocycles. The molecule has 5 rings (SSSR count). The van der Waals surface area contributed by atoms with Gasteiger partial charge >= 0.3 is 5.97 Å². The number of hydrogen-bond donors (Lipinski definition) is 0. The van der Waals surface area contributed by atoms with Crippen LogP contribution in [0.15, 0.2) is 23.8 Å². The van der Waals surface area contributed by atoms with E-state index in [4.69, 9.17) is 28.4 Å². The van der Waals surface area contributed by atoms with Gasteiger partial charge in [0.05, 0.1) is 46.4 Å². The number of rotatable bonds is 3. The molecule has 2 aliphatic carbocycles. The predicted molar refractivity (Wildman–Crippen MR) is 98.4 cm³/mol. The molecule has 148 valence electrons. The highest BCUT2D eigenvalue weighted by atomic mass is 16.7. The van der Waals surface area contributed by atoms with E-state index in [1.165, 1.54) is 0 Å². The molecule has 1 aromatic rings. The molecule has 2 aliphatic heterocycles. The van der Waals surface area contributed by atoms with E-state index in [0.717, 1.165) is 22.3 Å². The summed E-state index contributed by atoms with van der Waals surface area (Å²) in [6, 6.07) is 1.92. The van der Waals surface area contributed by atoms with E-state index in [2.05, 4.69) is 0 Å². The molecular weight excluding hydrogens is 364 g/mol. The molecule has 2 fully saturated rings. The lowest BCUT2D eigenvalue weighted by Crippen LogP contribution is -2.47. The Bertz CT molecular complexity index is 908. The molecule has 2 atom stereocenters. The Hall–Kier alpha value is -2.51. The largest absolute Gasteiger partial charge is 0.493 e. The second kappa shape index (κ2) is 6.25. The van der Waals surface area contributed by atoms with E-state index in [9.17, 15) is 4.79 Å². The number of hydrogen-bond acceptors (Lipinski definition) is 7. The van der Waals surface area contributed by atoms with Crippen LogP contribution in [-0.4, -0.2) is 52.9 Å². The van der Waals surface area contributed by atoms with Crippen molar-refractivity contribution < 1.29 is 33.2 Å². The first-order valence-corrected chi connectivity index (χ1v) is 9.34. The lowest BCUT2D eigenvalue weighted by atomic mass is 9.71. The van der Waals surface area contributed by atoms with Crippen molar-refractivity contribution in [1.29, 1.82) is 0 Å². The van der Waals surface area contributed by atoms with Gasteiger partial charge in [-0.15, -0.1) is 0 Å². The van der Waals surface area contributed by atoms with Gasteiger partial charge in [0.2, 0.25) is 11.5 Å². The normalized spacial score (nSPS) is 26.6. The first-order valence-electron chi connectivity index (χ1n) is 9.34. The minimum absolute atomic E-state index is 0.204. The number of fused-ring (bicyclic) bond motifs is 5. The summed E-state index contributed by atoms with van der Waals surface area (Å²) in [4.78, 5) is 12.6. The highest BCUT2D eigenvalue weighted by Gasteiger charge is 2.58. The van der Waals surface area contributed by atoms with Crippen LogP contribution in [0.4, 0.5) is 0 Å². The van der Waals surface area contributed by atoms with E-state index >= 15 is 0 Å². The van der Waals surface area contributed by atoms with Crippen LogP contribution in [0.25, 0.3) is 5.57 Å². The maximum atomic E-state index is 12.6. The first kappa shape index (κ1) is 17.6. The van der Waals surface area contributed by atoms with Crippen molar-refractivity contribution in [1.82, 2.24) is 0 Å². The second-order valence-electron chi connectivity index (χ2n) is 7.25. The number of cyclic esters (lactones) is 1. The lowest BCUT2D eigenvalue weighted by Gasteiger charge is -2.41. The molecule has 7 nitrogen and oxygen atoms in total. The van der Waals surface area contributed by atoms with E-state index in [0.29, 0.717) is 36.9 Å². The molecular formula is C21H22O7. The highest BCUT2D eigenvalue weighted by Crippen LogP contribution is 2.55. The van der Waals surface area contributed by atoms with Gasteiger partial charge in [-0.1, -0.05) is 12.2 Å².